The second-order valence-corrected chi connectivity index (χ2v) is 25.9. The highest BCUT2D eigenvalue weighted by Crippen LogP contribution is 2.48. The van der Waals surface area contributed by atoms with E-state index in [-0.39, 0.29) is 111 Å². The fraction of sp³-hybridized carbons (Fsp3) is 0.857. The van der Waals surface area contributed by atoms with Gasteiger partial charge in [-0.2, -0.15) is 0 Å². The van der Waals surface area contributed by atoms with Crippen LogP contribution in [0.3, 0.4) is 0 Å². The summed E-state index contributed by atoms with van der Waals surface area (Å²) in [5, 5.41) is 112. The molecule has 0 aromatic rings. The minimum absolute atomic E-state index is 0.0281. The number of carbonyl (C=O) groups excluding carboxylic acids is 8. The Kier molecular flexibility index (Phi) is 37.7. The average Bonchev–Trinajstić information content (AvgIpc) is 0.828. The van der Waals surface area contributed by atoms with Gasteiger partial charge in [0.1, 0.15) is 85.1 Å². The molecule has 18 N–H and O–H groups in total. The Morgan fingerprint density at radius 2 is 0.853 bits per heavy atom. The molecule has 0 spiro atoms. The second kappa shape index (κ2) is 43.2. The summed E-state index contributed by atoms with van der Waals surface area (Å²) in [6, 6.07) is -6.24. The number of rotatable bonds is 42. The normalized spacial score (nSPS) is 29.8. The molecule has 3 aliphatic heterocycles. The van der Waals surface area contributed by atoms with E-state index in [1.54, 1.807) is 13.8 Å². The second-order valence-electron chi connectivity index (χ2n) is 23.1. The monoisotopic (exact) mass is 1410 g/mol. The third-order valence-corrected chi connectivity index (χ3v) is 17.0. The van der Waals surface area contributed by atoms with Crippen LogP contribution in [0.5, 0.6) is 0 Å². The Morgan fingerprint density at radius 1 is 0.495 bits per heavy atom. The summed E-state index contributed by atoms with van der Waals surface area (Å²) in [6.07, 6.45) is -17.6. The van der Waals surface area contributed by atoms with Gasteiger partial charge in [0.2, 0.25) is 47.3 Å². The number of aliphatic hydroxyl groups is 9. The maximum atomic E-state index is 13.9. The van der Waals surface area contributed by atoms with Gasteiger partial charge in [-0.25, -0.2) is 0 Å². The maximum Gasteiger partial charge on any atom is 0.325 e. The van der Waals surface area contributed by atoms with Crippen LogP contribution in [0.2, 0.25) is 0 Å². The highest BCUT2D eigenvalue weighted by molar-refractivity contribution is 8.07. The molecular weight excluding hydrogens is 1310 g/mol. The Morgan fingerprint density at radius 3 is 1.21 bits per heavy atom. The van der Waals surface area contributed by atoms with Crippen LogP contribution >= 0.6 is 6.72 Å². The smallest absolute Gasteiger partial charge is 0.325 e. The van der Waals surface area contributed by atoms with Crippen LogP contribution in [-0.4, -0.2) is 313 Å². The molecule has 18 atom stereocenters. The minimum Gasteiger partial charge on any atom is -0.394 e. The van der Waals surface area contributed by atoms with Crippen molar-refractivity contribution in [3.63, 3.8) is 0 Å². The van der Waals surface area contributed by atoms with Crippen molar-refractivity contribution in [2.45, 2.75) is 202 Å². The molecule has 0 bridgehead atoms. The summed E-state index contributed by atoms with van der Waals surface area (Å²) in [5.41, 5.74) is 0. The summed E-state index contributed by atoms with van der Waals surface area (Å²) < 4.78 is 61.4. The minimum atomic E-state index is -3.57. The predicted molar refractivity (Wildman–Crippen MR) is 327 cm³/mol. The summed E-state index contributed by atoms with van der Waals surface area (Å²) in [6.45, 7) is 0.113. The molecule has 8 amide bonds. The van der Waals surface area contributed by atoms with Crippen LogP contribution in [-0.2, 0) is 102 Å². The van der Waals surface area contributed by atoms with E-state index >= 15 is 0 Å². The van der Waals surface area contributed by atoms with Gasteiger partial charge < -0.3 is 145 Å². The Labute approximate surface area is 554 Å². The van der Waals surface area contributed by atoms with E-state index in [0.29, 0.717) is 12.8 Å². The van der Waals surface area contributed by atoms with Crippen molar-refractivity contribution in [1.29, 1.82) is 0 Å². The predicted octanol–water partition coefficient (Wildman–Crippen LogP) is -7.99. The van der Waals surface area contributed by atoms with Crippen LogP contribution in [0.4, 0.5) is 0 Å². The summed E-state index contributed by atoms with van der Waals surface area (Å²) in [5.74, 6) is -5.56. The van der Waals surface area contributed by atoms with Crippen LogP contribution in [0.15, 0.2) is 0 Å². The first-order chi connectivity index (χ1) is 45.1. The molecule has 37 nitrogen and oxygen atoms in total. The van der Waals surface area contributed by atoms with Gasteiger partial charge in [-0.1, -0.05) is 0 Å². The van der Waals surface area contributed by atoms with E-state index < -0.39 is 202 Å². The highest BCUT2D eigenvalue weighted by atomic mass is 32.5. The van der Waals surface area contributed by atoms with Crippen molar-refractivity contribution in [3.05, 3.63) is 0 Å². The average molecular weight is 1410 g/mol. The number of hydrogen-bond acceptors (Lipinski definition) is 29. The summed E-state index contributed by atoms with van der Waals surface area (Å²) >= 11 is 5.15. The lowest BCUT2D eigenvalue weighted by Gasteiger charge is -2.42. The lowest BCUT2D eigenvalue weighted by Crippen LogP contribution is -2.64. The molecule has 0 radical (unpaired) electrons. The molecular formula is C56H99N8O29PS. The van der Waals surface area contributed by atoms with Gasteiger partial charge in [0.15, 0.2) is 18.9 Å². The zero-order valence-corrected chi connectivity index (χ0v) is 55.6. The van der Waals surface area contributed by atoms with E-state index in [1.807, 2.05) is 0 Å². The topological polar surface area (TPSA) is 537 Å². The van der Waals surface area contributed by atoms with Gasteiger partial charge in [0.25, 0.3) is 0 Å². The van der Waals surface area contributed by atoms with E-state index in [1.165, 1.54) is 20.8 Å². The number of ether oxygens (including phenoxy) is 9. The fourth-order valence-electron chi connectivity index (χ4n) is 10.5. The van der Waals surface area contributed by atoms with Crippen LogP contribution in [0, 0.1) is 5.92 Å². The van der Waals surface area contributed by atoms with Crippen molar-refractivity contribution in [2.75, 3.05) is 98.9 Å². The first kappa shape index (κ1) is 83.0. The molecule has 4 rings (SSSR count). The molecule has 548 valence electrons. The number of nitrogens with one attached hydrogen (secondary N) is 8. The quantitative estimate of drug-likeness (QED) is 0.0199. The van der Waals surface area contributed by atoms with Gasteiger partial charge in [-0.15, -0.1) is 0 Å². The SMILES string of the molecule is CC(=O)N[C@H]1C(OCCOCCNC(=O)CCC(NC(=O)CCC(NC(=O)C2CCC(OP(O)(=S)OC(C)C)CC2)C(=O)NCCOCCOC2O[C@H](CO)[C@H](O)[C@H](O)[C@H]2NC(C)=O)C(=O)NCCOCCOC2O[C@H](CO)[C@H](O)[C@H](O)[C@H]2NC(C)=O)O[C@H](CO)[C@H](O)[C@@H]1O. The van der Waals surface area contributed by atoms with Gasteiger partial charge in [-0.3, -0.25) is 38.4 Å². The molecule has 39 heteroatoms. The number of aliphatic hydroxyl groups excluding tert-OH is 9. The molecule has 3 heterocycles. The lowest BCUT2D eigenvalue weighted by molar-refractivity contribution is -0.272. The molecule has 1 aliphatic carbocycles. The number of hydrogen-bond donors (Lipinski definition) is 18. The van der Waals surface area contributed by atoms with Gasteiger partial charge in [-0.05, 0) is 64.2 Å². The van der Waals surface area contributed by atoms with Gasteiger partial charge in [0.05, 0.1) is 91.5 Å². The summed E-state index contributed by atoms with van der Waals surface area (Å²) in [7, 11) is 0. The molecule has 3 saturated heterocycles. The molecule has 4 fully saturated rings. The van der Waals surface area contributed by atoms with E-state index in [0.717, 1.165) is 0 Å². The molecule has 1 saturated carbocycles. The zero-order chi connectivity index (χ0) is 70.4. The van der Waals surface area contributed by atoms with E-state index in [2.05, 4.69) is 42.5 Å². The van der Waals surface area contributed by atoms with Crippen molar-refractivity contribution in [2.24, 2.45) is 5.92 Å². The number of carbonyl (C=O) groups is 8. The molecule has 6 unspecified atom stereocenters. The molecule has 95 heavy (non-hydrogen) atoms. The van der Waals surface area contributed by atoms with Crippen molar-refractivity contribution in [3.8, 4) is 0 Å². The van der Waals surface area contributed by atoms with Gasteiger partial charge >= 0.3 is 6.72 Å². The molecule has 0 aromatic heterocycles. The van der Waals surface area contributed by atoms with Gasteiger partial charge in [0, 0.05) is 59.2 Å². The standard InChI is InChI=1S/C56H99N8O29PS/c1-29(2)92-94(82,95)93-34-8-6-33(7-9-34)51(79)64-36(53(81)59-16-19-85-22-25-88-56-44(62-32(5)70)50(78)47(75)39(28-67)91-56)11-13-41(72)63-35(52(80)58-15-18-84-21-24-87-55-43(61-31(4)69)49(77)46(74)38(27-66)90-55)10-12-40(71)57-14-17-83-20-23-86-54-42(60-30(3)68)48(76)45(73)37(26-65)89-54/h29,33-39,42-50,54-56,65-67,73-78H,6-28H2,1-5H3,(H,57,71)(H,58,80)(H,59,81)(H,60,68)(H,61,69)(H,62,70)(H,63,72)(H,64,79)(H,82,95)/t33?,34?,35?,36?,37-,38-,39-,42-,43-,44-,45+,46+,47+,48-,49-,50-,54?,55?,56?,94?/m1/s1. The Bertz CT molecular complexity index is 2430. The van der Waals surface area contributed by atoms with Crippen molar-refractivity contribution in [1.82, 2.24) is 42.5 Å². The summed E-state index contributed by atoms with van der Waals surface area (Å²) in [4.78, 5) is 114. The van der Waals surface area contributed by atoms with Crippen LogP contribution in [0.1, 0.15) is 86.0 Å². The first-order valence-corrected chi connectivity index (χ1v) is 34.1. The third kappa shape index (κ3) is 29.1. The van der Waals surface area contributed by atoms with Crippen LogP contribution in [0.25, 0.3) is 0 Å². The first-order valence-electron chi connectivity index (χ1n) is 31.5. The van der Waals surface area contributed by atoms with Crippen molar-refractivity contribution < 1.29 is 141 Å². The molecule has 4 aliphatic rings. The highest BCUT2D eigenvalue weighted by Gasteiger charge is 2.48. The Balaban J connectivity index is 1.37. The lowest BCUT2D eigenvalue weighted by atomic mass is 9.86. The molecule has 0 aromatic carbocycles. The van der Waals surface area contributed by atoms with Crippen molar-refractivity contribution >= 4 is 65.8 Å². The van der Waals surface area contributed by atoms with E-state index in [4.69, 9.17) is 63.5 Å². The number of amides is 8. The van der Waals surface area contributed by atoms with Crippen LogP contribution < -0.4 is 42.5 Å². The zero-order valence-electron chi connectivity index (χ0n) is 53.9. The third-order valence-electron chi connectivity index (χ3n) is 15.2. The Hall–Kier alpha value is -4.43. The maximum absolute atomic E-state index is 13.9. The largest absolute Gasteiger partial charge is 0.394 e. The fourth-order valence-corrected chi connectivity index (χ4v) is 12.5. The van der Waals surface area contributed by atoms with E-state index in [9.17, 15) is 89.2 Å².